The molecule has 47 heavy (non-hydrogen) atoms. The fourth-order valence-corrected chi connectivity index (χ4v) is 7.85. The van der Waals surface area contributed by atoms with Gasteiger partial charge in [-0.25, -0.2) is 4.98 Å². The summed E-state index contributed by atoms with van der Waals surface area (Å²) in [5.74, 6) is 1.23. The van der Waals surface area contributed by atoms with Gasteiger partial charge in [0.1, 0.15) is 16.3 Å². The van der Waals surface area contributed by atoms with Gasteiger partial charge >= 0.3 is 0 Å². The SMILES string of the molecule is CC(=O)NCC1=CCC(Cl)(Cl)C(CN(C(=O)[C@H]2CNCC[C@H]2c2ccc(N3CC[C@@H](Oc4c(Cl)cc(C)cc4Cl)C3)nc2)C2CC2)=C1. The van der Waals surface area contributed by atoms with Crippen molar-refractivity contribution in [2.24, 2.45) is 5.92 Å². The summed E-state index contributed by atoms with van der Waals surface area (Å²) in [4.78, 5) is 34.8. The van der Waals surface area contributed by atoms with Crippen molar-refractivity contribution >= 4 is 64.0 Å². The second-order valence-corrected chi connectivity index (χ2v) is 15.5. The van der Waals surface area contributed by atoms with E-state index in [0.29, 0.717) is 48.4 Å². The summed E-state index contributed by atoms with van der Waals surface area (Å²) in [5, 5.41) is 7.33. The zero-order valence-electron chi connectivity index (χ0n) is 26.7. The predicted molar refractivity (Wildman–Crippen MR) is 189 cm³/mol. The number of carbonyl (C=O) groups is 2. The van der Waals surface area contributed by atoms with E-state index in [1.807, 2.05) is 42.3 Å². The third-order valence-electron chi connectivity index (χ3n) is 9.50. The maximum absolute atomic E-state index is 14.3. The number of rotatable bonds is 10. The van der Waals surface area contributed by atoms with Crippen molar-refractivity contribution in [3.8, 4) is 5.75 Å². The largest absolute Gasteiger partial charge is 0.485 e. The Labute approximate surface area is 296 Å². The van der Waals surface area contributed by atoms with Crippen LogP contribution in [0, 0.1) is 12.8 Å². The number of alkyl halides is 2. The van der Waals surface area contributed by atoms with Crippen molar-refractivity contribution in [1.29, 1.82) is 0 Å². The van der Waals surface area contributed by atoms with Gasteiger partial charge in [0.15, 0.2) is 5.75 Å². The number of benzene rings is 1. The lowest BCUT2D eigenvalue weighted by atomic mass is 9.80. The molecular weight excluding hydrogens is 680 g/mol. The van der Waals surface area contributed by atoms with Crippen molar-refractivity contribution in [1.82, 2.24) is 20.5 Å². The molecule has 2 N–H and O–H groups in total. The highest BCUT2D eigenvalue weighted by molar-refractivity contribution is 6.50. The van der Waals surface area contributed by atoms with Crippen molar-refractivity contribution in [3.05, 3.63) is 74.9 Å². The molecule has 8 nitrogen and oxygen atoms in total. The van der Waals surface area contributed by atoms with Gasteiger partial charge in [0.25, 0.3) is 0 Å². The Balaban J connectivity index is 1.13. The van der Waals surface area contributed by atoms with E-state index in [1.54, 1.807) is 0 Å². The number of hydrogen-bond acceptors (Lipinski definition) is 6. The lowest BCUT2D eigenvalue weighted by Gasteiger charge is -2.37. The quantitative estimate of drug-likeness (QED) is 0.269. The number of hydrogen-bond donors (Lipinski definition) is 2. The van der Waals surface area contributed by atoms with Crippen LogP contribution in [-0.2, 0) is 9.59 Å². The third-order valence-corrected chi connectivity index (χ3v) is 10.9. The fraction of sp³-hybridized carbons (Fsp3) is 0.514. The predicted octanol–water partition coefficient (Wildman–Crippen LogP) is 6.61. The third kappa shape index (κ3) is 8.22. The Bertz CT molecular complexity index is 1540. The highest BCUT2D eigenvalue weighted by Crippen LogP contribution is 2.42. The van der Waals surface area contributed by atoms with Crippen LogP contribution in [0.5, 0.6) is 5.75 Å². The maximum Gasteiger partial charge on any atom is 0.228 e. The Morgan fingerprint density at radius 2 is 1.91 bits per heavy atom. The van der Waals surface area contributed by atoms with E-state index in [1.165, 1.54) is 6.92 Å². The molecule has 2 aliphatic heterocycles. The van der Waals surface area contributed by atoms with Crippen molar-refractivity contribution in [2.75, 3.05) is 44.2 Å². The van der Waals surface area contributed by atoms with Gasteiger partial charge in [0.05, 0.1) is 22.5 Å². The van der Waals surface area contributed by atoms with Crippen LogP contribution in [0.2, 0.25) is 10.0 Å². The van der Waals surface area contributed by atoms with E-state index in [9.17, 15) is 9.59 Å². The number of anilines is 1. The van der Waals surface area contributed by atoms with E-state index in [0.717, 1.165) is 66.9 Å². The second-order valence-electron chi connectivity index (χ2n) is 13.2. The topological polar surface area (TPSA) is 86.8 Å². The number of nitrogens with one attached hydrogen (secondary N) is 2. The number of halogens is 4. The lowest BCUT2D eigenvalue weighted by molar-refractivity contribution is -0.137. The number of carbonyl (C=O) groups excluding carboxylic acids is 2. The fourth-order valence-electron chi connectivity index (χ4n) is 6.78. The number of piperidine rings is 1. The molecule has 2 aliphatic carbocycles. The van der Waals surface area contributed by atoms with Gasteiger partial charge in [-0.15, -0.1) is 0 Å². The van der Waals surface area contributed by atoms with Crippen LogP contribution in [0.15, 0.2) is 53.8 Å². The minimum absolute atomic E-state index is 0.0411. The zero-order valence-corrected chi connectivity index (χ0v) is 29.7. The van der Waals surface area contributed by atoms with Gasteiger partial charge in [-0.05, 0) is 79.1 Å². The first-order chi connectivity index (χ1) is 22.5. The summed E-state index contributed by atoms with van der Waals surface area (Å²) in [5.41, 5.74) is 3.78. The number of allylic oxidation sites excluding steroid dienone is 1. The molecule has 0 bridgehead atoms. The summed E-state index contributed by atoms with van der Waals surface area (Å²) in [7, 11) is 0. The van der Waals surface area contributed by atoms with E-state index in [2.05, 4.69) is 27.7 Å². The summed E-state index contributed by atoms with van der Waals surface area (Å²) in [6.07, 6.45) is 9.81. The normalized spacial score (nSPS) is 24.0. The van der Waals surface area contributed by atoms with Crippen LogP contribution in [0.3, 0.4) is 0 Å². The Morgan fingerprint density at radius 1 is 1.15 bits per heavy atom. The van der Waals surface area contributed by atoms with Crippen molar-refractivity contribution in [3.63, 3.8) is 0 Å². The number of aryl methyl sites for hydroxylation is 1. The van der Waals surface area contributed by atoms with E-state index in [4.69, 9.17) is 56.1 Å². The van der Waals surface area contributed by atoms with Crippen molar-refractivity contribution in [2.45, 2.75) is 68.3 Å². The van der Waals surface area contributed by atoms with Gasteiger partial charge in [-0.2, -0.15) is 0 Å². The van der Waals surface area contributed by atoms with Gasteiger partial charge in [-0.3, -0.25) is 9.59 Å². The van der Waals surface area contributed by atoms with E-state index < -0.39 is 4.33 Å². The maximum atomic E-state index is 14.3. The average molecular weight is 722 g/mol. The van der Waals surface area contributed by atoms with Crippen LogP contribution < -0.4 is 20.3 Å². The van der Waals surface area contributed by atoms with Gasteiger partial charge in [0.2, 0.25) is 11.8 Å². The molecule has 252 valence electrons. The molecule has 12 heteroatoms. The minimum atomic E-state index is -1.10. The lowest BCUT2D eigenvalue weighted by Crippen LogP contribution is -2.48. The number of ether oxygens (including phenoxy) is 1. The molecule has 3 fully saturated rings. The Morgan fingerprint density at radius 3 is 2.60 bits per heavy atom. The summed E-state index contributed by atoms with van der Waals surface area (Å²) < 4.78 is 5.12. The van der Waals surface area contributed by atoms with Gasteiger partial charge in [-0.1, -0.05) is 64.6 Å². The molecular formula is C35H41Cl4N5O3. The number of aromatic nitrogens is 1. The summed E-state index contributed by atoms with van der Waals surface area (Å²) >= 11 is 26.4. The molecule has 0 radical (unpaired) electrons. The van der Waals surface area contributed by atoms with Gasteiger partial charge in [0, 0.05) is 58.2 Å². The Hall–Kier alpha value is -2.49. The molecule has 2 amide bonds. The molecule has 0 unspecified atom stereocenters. The molecule has 2 saturated heterocycles. The Kier molecular flexibility index (Phi) is 10.6. The standard InChI is InChI=1S/C35H41Cl4N5O3/c1-21-13-30(36)33(31(37)14-21)47-27-9-12-43(20-27)32-6-3-24(17-42-32)28-8-11-40-18-29(28)34(46)44(26-4-5-26)19-25-15-23(16-41-22(2)45)7-10-35(25,38)39/h3,6-7,13-15,17,26-29,40H,4-5,8-12,16,18-20H2,1-2H3,(H,41,45)/t27-,28+,29+/m1/s1. The molecule has 4 aliphatic rings. The molecule has 1 aromatic carbocycles. The smallest absolute Gasteiger partial charge is 0.228 e. The summed E-state index contributed by atoms with van der Waals surface area (Å²) in [6, 6.07) is 8.07. The minimum Gasteiger partial charge on any atom is -0.485 e. The van der Waals surface area contributed by atoms with Crippen LogP contribution >= 0.6 is 46.4 Å². The van der Waals surface area contributed by atoms with Crippen molar-refractivity contribution < 1.29 is 14.3 Å². The molecule has 0 spiro atoms. The van der Waals surface area contributed by atoms with E-state index in [-0.39, 0.29) is 35.8 Å². The number of pyridine rings is 1. The molecule has 3 heterocycles. The van der Waals surface area contributed by atoms with Crippen LogP contribution in [0.25, 0.3) is 0 Å². The van der Waals surface area contributed by atoms with Crippen LogP contribution in [0.4, 0.5) is 5.82 Å². The molecule has 3 atom stereocenters. The first-order valence-electron chi connectivity index (χ1n) is 16.3. The van der Waals surface area contributed by atoms with Crippen LogP contribution in [0.1, 0.15) is 56.1 Å². The molecule has 1 aromatic heterocycles. The molecule has 6 rings (SSSR count). The highest BCUT2D eigenvalue weighted by Gasteiger charge is 2.43. The summed E-state index contributed by atoms with van der Waals surface area (Å²) in [6.45, 7) is 7.13. The van der Waals surface area contributed by atoms with Gasteiger partial charge < -0.3 is 25.2 Å². The first-order valence-corrected chi connectivity index (χ1v) is 17.9. The number of amides is 2. The first kappa shape index (κ1) is 34.4. The number of nitrogens with zero attached hydrogens (tertiary/aromatic N) is 3. The van der Waals surface area contributed by atoms with E-state index >= 15 is 0 Å². The highest BCUT2D eigenvalue weighted by atomic mass is 35.5. The molecule has 1 saturated carbocycles. The van der Waals surface area contributed by atoms with Crippen LogP contribution in [-0.4, -0.2) is 77.4 Å². The second kappa shape index (κ2) is 14.6. The zero-order chi connectivity index (χ0) is 33.3. The molecule has 2 aromatic rings. The average Bonchev–Trinajstić information content (AvgIpc) is 3.77. The monoisotopic (exact) mass is 719 g/mol.